The second-order valence-corrected chi connectivity index (χ2v) is 5.45. The van der Waals surface area contributed by atoms with E-state index in [2.05, 4.69) is 68.7 Å². The van der Waals surface area contributed by atoms with Crippen molar-refractivity contribution >= 4 is 0 Å². The molecule has 0 bridgehead atoms. The number of rotatable bonds is 5. The van der Waals surface area contributed by atoms with Crippen LogP contribution in [0, 0.1) is 13.8 Å². The molecule has 0 aliphatic rings. The predicted molar refractivity (Wildman–Crippen MR) is 85.5 cm³/mol. The minimum absolute atomic E-state index is 0.0475. The smallest absolute Gasteiger partial charge is 0.0712 e. The normalized spacial score (nSPS) is 12.4. The summed E-state index contributed by atoms with van der Waals surface area (Å²) < 4.78 is 0. The van der Waals surface area contributed by atoms with Gasteiger partial charge in [-0.3, -0.25) is 5.84 Å². The van der Waals surface area contributed by atoms with Crippen LogP contribution in [-0.2, 0) is 6.42 Å². The maximum atomic E-state index is 5.79. The molecule has 2 aromatic carbocycles. The summed E-state index contributed by atoms with van der Waals surface area (Å²) in [6.07, 6.45) is 2.31. The first-order valence-electron chi connectivity index (χ1n) is 7.27. The molecular formula is C18H24N2. The standard InChI is InChI=1S/C18H24N2/c1-4-5-15-7-9-16(10-8-15)18(20-19)17-11-6-13(2)12-14(17)3/h6-12,18,20H,4-5,19H2,1-3H3. The average Bonchev–Trinajstić information content (AvgIpc) is 2.44. The van der Waals surface area contributed by atoms with Crippen molar-refractivity contribution in [2.24, 2.45) is 5.84 Å². The van der Waals surface area contributed by atoms with Gasteiger partial charge in [-0.05, 0) is 42.5 Å². The monoisotopic (exact) mass is 268 g/mol. The van der Waals surface area contributed by atoms with E-state index in [0.717, 1.165) is 6.42 Å². The number of nitrogens with two attached hydrogens (primary N) is 1. The van der Waals surface area contributed by atoms with Crippen molar-refractivity contribution in [3.05, 3.63) is 70.3 Å². The van der Waals surface area contributed by atoms with E-state index in [0.29, 0.717) is 0 Å². The van der Waals surface area contributed by atoms with Crippen LogP contribution >= 0.6 is 0 Å². The predicted octanol–water partition coefficient (Wildman–Crippen LogP) is 3.81. The van der Waals surface area contributed by atoms with E-state index in [1.165, 1.54) is 34.2 Å². The Morgan fingerprint density at radius 2 is 1.75 bits per heavy atom. The largest absolute Gasteiger partial charge is 0.271 e. The average molecular weight is 268 g/mol. The minimum atomic E-state index is 0.0475. The van der Waals surface area contributed by atoms with Crippen molar-refractivity contribution in [3.8, 4) is 0 Å². The summed E-state index contributed by atoms with van der Waals surface area (Å²) in [6.45, 7) is 6.45. The molecular weight excluding hydrogens is 244 g/mol. The van der Waals surface area contributed by atoms with E-state index in [1.807, 2.05) is 0 Å². The zero-order valence-corrected chi connectivity index (χ0v) is 12.6. The first-order valence-corrected chi connectivity index (χ1v) is 7.27. The fourth-order valence-electron chi connectivity index (χ4n) is 2.68. The maximum Gasteiger partial charge on any atom is 0.0712 e. The van der Waals surface area contributed by atoms with Crippen LogP contribution in [0.3, 0.4) is 0 Å². The number of aryl methyl sites for hydroxylation is 3. The summed E-state index contributed by atoms with van der Waals surface area (Å²) in [4.78, 5) is 0. The third kappa shape index (κ3) is 3.27. The highest BCUT2D eigenvalue weighted by Crippen LogP contribution is 2.25. The van der Waals surface area contributed by atoms with Gasteiger partial charge in [0, 0.05) is 0 Å². The van der Waals surface area contributed by atoms with Gasteiger partial charge in [0.05, 0.1) is 6.04 Å². The topological polar surface area (TPSA) is 38.0 Å². The lowest BCUT2D eigenvalue weighted by Crippen LogP contribution is -2.29. The van der Waals surface area contributed by atoms with E-state index in [4.69, 9.17) is 5.84 Å². The molecule has 0 radical (unpaired) electrons. The summed E-state index contributed by atoms with van der Waals surface area (Å²) in [7, 11) is 0. The lowest BCUT2D eigenvalue weighted by atomic mass is 9.93. The molecule has 0 spiro atoms. The lowest BCUT2D eigenvalue weighted by molar-refractivity contribution is 0.633. The SMILES string of the molecule is CCCc1ccc(C(NN)c2ccc(C)cc2C)cc1. The van der Waals surface area contributed by atoms with E-state index in [-0.39, 0.29) is 6.04 Å². The Kier molecular flexibility index (Phi) is 4.94. The zero-order valence-electron chi connectivity index (χ0n) is 12.6. The van der Waals surface area contributed by atoms with Crippen molar-refractivity contribution in [1.29, 1.82) is 0 Å². The van der Waals surface area contributed by atoms with Gasteiger partial charge in [0.15, 0.2) is 0 Å². The van der Waals surface area contributed by atoms with E-state index >= 15 is 0 Å². The highest BCUT2D eigenvalue weighted by Gasteiger charge is 2.14. The molecule has 0 amide bonds. The molecule has 2 heteroatoms. The molecule has 0 saturated heterocycles. The van der Waals surface area contributed by atoms with Crippen LogP contribution in [0.5, 0.6) is 0 Å². The second-order valence-electron chi connectivity index (χ2n) is 5.45. The van der Waals surface area contributed by atoms with Crippen LogP contribution in [-0.4, -0.2) is 0 Å². The van der Waals surface area contributed by atoms with Crippen LogP contribution in [0.25, 0.3) is 0 Å². The third-order valence-corrected chi connectivity index (χ3v) is 3.75. The van der Waals surface area contributed by atoms with E-state index in [1.54, 1.807) is 0 Å². The molecule has 0 aliphatic heterocycles. The van der Waals surface area contributed by atoms with E-state index < -0.39 is 0 Å². The first-order chi connectivity index (χ1) is 9.65. The fraction of sp³-hybridized carbons (Fsp3) is 0.333. The summed E-state index contributed by atoms with van der Waals surface area (Å²) in [5.41, 5.74) is 9.32. The van der Waals surface area contributed by atoms with Crippen LogP contribution < -0.4 is 11.3 Å². The molecule has 0 aliphatic carbocycles. The Bertz CT molecular complexity index is 558. The number of hydrogen-bond donors (Lipinski definition) is 2. The third-order valence-electron chi connectivity index (χ3n) is 3.75. The van der Waals surface area contributed by atoms with Gasteiger partial charge >= 0.3 is 0 Å². The number of hydrogen-bond acceptors (Lipinski definition) is 2. The Hall–Kier alpha value is -1.64. The Balaban J connectivity index is 2.31. The maximum absolute atomic E-state index is 5.79. The Morgan fingerprint density at radius 3 is 2.30 bits per heavy atom. The van der Waals surface area contributed by atoms with Crippen molar-refractivity contribution < 1.29 is 0 Å². The number of hydrazine groups is 1. The quantitative estimate of drug-likeness (QED) is 0.639. The van der Waals surface area contributed by atoms with Gasteiger partial charge < -0.3 is 0 Å². The molecule has 106 valence electrons. The van der Waals surface area contributed by atoms with Gasteiger partial charge in [0.1, 0.15) is 0 Å². The summed E-state index contributed by atoms with van der Waals surface area (Å²) in [6, 6.07) is 15.3. The van der Waals surface area contributed by atoms with Crippen molar-refractivity contribution in [2.75, 3.05) is 0 Å². The molecule has 0 saturated carbocycles. The second kappa shape index (κ2) is 6.69. The highest BCUT2D eigenvalue weighted by atomic mass is 15.2. The van der Waals surface area contributed by atoms with Crippen LogP contribution in [0.4, 0.5) is 0 Å². The van der Waals surface area contributed by atoms with Gasteiger partial charge in [-0.15, -0.1) is 0 Å². The molecule has 0 fully saturated rings. The Morgan fingerprint density at radius 1 is 1.05 bits per heavy atom. The number of nitrogens with one attached hydrogen (secondary N) is 1. The van der Waals surface area contributed by atoms with Gasteiger partial charge in [-0.2, -0.15) is 0 Å². The summed E-state index contributed by atoms with van der Waals surface area (Å²) in [5, 5.41) is 0. The van der Waals surface area contributed by atoms with Gasteiger partial charge in [0.2, 0.25) is 0 Å². The minimum Gasteiger partial charge on any atom is -0.271 e. The van der Waals surface area contributed by atoms with Gasteiger partial charge in [-0.25, -0.2) is 5.43 Å². The Labute approximate surface area is 122 Å². The van der Waals surface area contributed by atoms with Gasteiger partial charge in [-0.1, -0.05) is 61.4 Å². The molecule has 1 atom stereocenters. The molecule has 0 aromatic heterocycles. The van der Waals surface area contributed by atoms with Crippen LogP contribution in [0.2, 0.25) is 0 Å². The summed E-state index contributed by atoms with van der Waals surface area (Å²) in [5.74, 6) is 5.79. The van der Waals surface area contributed by atoms with Gasteiger partial charge in [0.25, 0.3) is 0 Å². The summed E-state index contributed by atoms with van der Waals surface area (Å²) >= 11 is 0. The molecule has 0 heterocycles. The molecule has 2 nitrogen and oxygen atoms in total. The van der Waals surface area contributed by atoms with Crippen molar-refractivity contribution in [3.63, 3.8) is 0 Å². The lowest BCUT2D eigenvalue weighted by Gasteiger charge is -2.20. The van der Waals surface area contributed by atoms with Crippen LogP contribution in [0.15, 0.2) is 42.5 Å². The molecule has 2 aromatic rings. The van der Waals surface area contributed by atoms with Crippen LogP contribution in [0.1, 0.15) is 47.2 Å². The first kappa shape index (κ1) is 14.8. The number of benzene rings is 2. The molecule has 1 unspecified atom stereocenters. The fourth-order valence-corrected chi connectivity index (χ4v) is 2.68. The van der Waals surface area contributed by atoms with Crippen molar-refractivity contribution in [2.45, 2.75) is 39.7 Å². The zero-order chi connectivity index (χ0) is 14.5. The molecule has 3 N–H and O–H groups in total. The highest BCUT2D eigenvalue weighted by molar-refractivity contribution is 5.39. The van der Waals surface area contributed by atoms with E-state index in [9.17, 15) is 0 Å². The molecule has 20 heavy (non-hydrogen) atoms. The van der Waals surface area contributed by atoms with Crippen molar-refractivity contribution in [1.82, 2.24) is 5.43 Å². The molecule has 2 rings (SSSR count).